The first kappa shape index (κ1) is 11.3. The van der Waals surface area contributed by atoms with Crippen LogP contribution in [0, 0.1) is 6.92 Å². The molecule has 0 aliphatic carbocycles. The van der Waals surface area contributed by atoms with Crippen LogP contribution >= 0.6 is 0 Å². The van der Waals surface area contributed by atoms with E-state index >= 15 is 0 Å². The van der Waals surface area contributed by atoms with E-state index in [1.165, 1.54) is 12.8 Å². The predicted molar refractivity (Wildman–Crippen MR) is 62.5 cm³/mol. The van der Waals surface area contributed by atoms with E-state index in [9.17, 15) is 0 Å². The first-order valence-corrected chi connectivity index (χ1v) is 6.17. The lowest BCUT2D eigenvalue weighted by Crippen LogP contribution is -2.33. The molecule has 1 aliphatic heterocycles. The van der Waals surface area contributed by atoms with Crippen molar-refractivity contribution in [3.8, 4) is 0 Å². The van der Waals surface area contributed by atoms with E-state index in [0.29, 0.717) is 11.9 Å². The molecule has 2 aromatic rings. The molecule has 1 unspecified atom stereocenters. The molecule has 3 heterocycles. The van der Waals surface area contributed by atoms with Gasteiger partial charge in [-0.25, -0.2) is 4.98 Å². The molecule has 0 saturated carbocycles. The standard InChI is InChI=1S/C11H16N6O/c1-9-14-11(15-18-9)6-16-4-2-3-10(16)5-17-8-12-7-13-17/h7-8,10H,2-6H2,1H3. The van der Waals surface area contributed by atoms with Crippen LogP contribution in [0.4, 0.5) is 0 Å². The van der Waals surface area contributed by atoms with Gasteiger partial charge in [0, 0.05) is 13.0 Å². The van der Waals surface area contributed by atoms with Gasteiger partial charge in [0.05, 0.1) is 13.1 Å². The summed E-state index contributed by atoms with van der Waals surface area (Å²) in [5, 5.41) is 8.10. The fourth-order valence-electron chi connectivity index (χ4n) is 2.44. The normalized spacial score (nSPS) is 20.6. The van der Waals surface area contributed by atoms with Crippen LogP contribution in [0.3, 0.4) is 0 Å². The summed E-state index contributed by atoms with van der Waals surface area (Å²) in [5.41, 5.74) is 0. The molecular weight excluding hydrogens is 232 g/mol. The third kappa shape index (κ3) is 2.40. The van der Waals surface area contributed by atoms with E-state index in [1.54, 1.807) is 12.7 Å². The molecular formula is C11H16N6O. The van der Waals surface area contributed by atoms with Crippen molar-refractivity contribution >= 4 is 0 Å². The van der Waals surface area contributed by atoms with Gasteiger partial charge in [0.2, 0.25) is 5.89 Å². The van der Waals surface area contributed by atoms with Gasteiger partial charge in [0.1, 0.15) is 12.7 Å². The first-order chi connectivity index (χ1) is 8.81. The van der Waals surface area contributed by atoms with Crippen LogP contribution < -0.4 is 0 Å². The Morgan fingerprint density at radius 2 is 2.44 bits per heavy atom. The third-order valence-corrected chi connectivity index (χ3v) is 3.28. The molecule has 7 nitrogen and oxygen atoms in total. The maximum Gasteiger partial charge on any atom is 0.223 e. The number of aryl methyl sites for hydroxylation is 1. The monoisotopic (exact) mass is 248 g/mol. The van der Waals surface area contributed by atoms with Crippen LogP contribution in [-0.4, -0.2) is 42.4 Å². The van der Waals surface area contributed by atoms with Crippen molar-refractivity contribution in [2.75, 3.05) is 6.54 Å². The summed E-state index contributed by atoms with van der Waals surface area (Å²) in [7, 11) is 0. The Hall–Kier alpha value is -1.76. The third-order valence-electron chi connectivity index (χ3n) is 3.28. The maximum absolute atomic E-state index is 5.00. The fourth-order valence-corrected chi connectivity index (χ4v) is 2.44. The number of hydrogen-bond acceptors (Lipinski definition) is 6. The fraction of sp³-hybridized carbons (Fsp3) is 0.636. The average Bonchev–Trinajstić information content (AvgIpc) is 3.05. The van der Waals surface area contributed by atoms with Crippen LogP contribution in [0.1, 0.15) is 24.6 Å². The first-order valence-electron chi connectivity index (χ1n) is 6.17. The highest BCUT2D eigenvalue weighted by Gasteiger charge is 2.26. The molecule has 2 aromatic heterocycles. The van der Waals surface area contributed by atoms with Gasteiger partial charge >= 0.3 is 0 Å². The summed E-state index contributed by atoms with van der Waals surface area (Å²) in [6.45, 7) is 4.51. The van der Waals surface area contributed by atoms with E-state index in [0.717, 1.165) is 25.5 Å². The van der Waals surface area contributed by atoms with Gasteiger partial charge in [-0.15, -0.1) is 0 Å². The van der Waals surface area contributed by atoms with Crippen LogP contribution in [-0.2, 0) is 13.1 Å². The molecule has 96 valence electrons. The van der Waals surface area contributed by atoms with Gasteiger partial charge in [-0.05, 0) is 19.4 Å². The number of aromatic nitrogens is 5. The van der Waals surface area contributed by atoms with Crippen molar-refractivity contribution in [3.05, 3.63) is 24.4 Å². The van der Waals surface area contributed by atoms with E-state index in [4.69, 9.17) is 4.52 Å². The molecule has 0 spiro atoms. The quantitative estimate of drug-likeness (QED) is 0.790. The summed E-state index contributed by atoms with van der Waals surface area (Å²) >= 11 is 0. The smallest absolute Gasteiger partial charge is 0.223 e. The zero-order valence-electron chi connectivity index (χ0n) is 10.4. The lowest BCUT2D eigenvalue weighted by atomic mass is 10.2. The van der Waals surface area contributed by atoms with Crippen molar-refractivity contribution in [3.63, 3.8) is 0 Å². The van der Waals surface area contributed by atoms with Crippen molar-refractivity contribution in [2.24, 2.45) is 0 Å². The van der Waals surface area contributed by atoms with Crippen LogP contribution in [0.25, 0.3) is 0 Å². The Morgan fingerprint density at radius 3 is 3.17 bits per heavy atom. The Balaban J connectivity index is 1.64. The van der Waals surface area contributed by atoms with E-state index in [1.807, 2.05) is 11.6 Å². The molecule has 18 heavy (non-hydrogen) atoms. The highest BCUT2D eigenvalue weighted by Crippen LogP contribution is 2.20. The highest BCUT2D eigenvalue weighted by molar-refractivity contribution is 4.88. The minimum absolute atomic E-state index is 0.477. The SMILES string of the molecule is Cc1nc(CN2CCCC2Cn2cncn2)no1. The van der Waals surface area contributed by atoms with Crippen LogP contribution in [0.5, 0.6) is 0 Å². The predicted octanol–water partition coefficient (Wildman–Crippen LogP) is 0.634. The second-order valence-electron chi connectivity index (χ2n) is 4.61. The largest absolute Gasteiger partial charge is 0.340 e. The number of hydrogen-bond donors (Lipinski definition) is 0. The molecule has 0 bridgehead atoms. The van der Waals surface area contributed by atoms with Gasteiger partial charge in [-0.3, -0.25) is 9.58 Å². The molecule has 1 atom stereocenters. The molecule has 0 N–H and O–H groups in total. The minimum Gasteiger partial charge on any atom is -0.340 e. The Morgan fingerprint density at radius 1 is 1.50 bits per heavy atom. The highest BCUT2D eigenvalue weighted by atomic mass is 16.5. The lowest BCUT2D eigenvalue weighted by molar-refractivity contribution is 0.211. The molecule has 1 fully saturated rings. The molecule has 7 heteroatoms. The Kier molecular flexibility index (Phi) is 3.06. The van der Waals surface area contributed by atoms with Crippen molar-refractivity contribution in [1.29, 1.82) is 0 Å². The summed E-state index contributed by atoms with van der Waals surface area (Å²) in [5.74, 6) is 1.38. The lowest BCUT2D eigenvalue weighted by Gasteiger charge is -2.22. The molecule has 1 saturated heterocycles. The summed E-state index contributed by atoms with van der Waals surface area (Å²) < 4.78 is 6.88. The Labute approximate surface area is 105 Å². The van der Waals surface area contributed by atoms with Crippen LogP contribution in [0.2, 0.25) is 0 Å². The number of nitrogens with zero attached hydrogens (tertiary/aromatic N) is 6. The molecule has 1 aliphatic rings. The van der Waals surface area contributed by atoms with Gasteiger partial charge in [0.25, 0.3) is 0 Å². The molecule has 0 amide bonds. The molecule has 0 aromatic carbocycles. The van der Waals surface area contributed by atoms with Crippen molar-refractivity contribution < 1.29 is 4.52 Å². The topological polar surface area (TPSA) is 72.9 Å². The second-order valence-corrected chi connectivity index (χ2v) is 4.61. The summed E-state index contributed by atoms with van der Waals surface area (Å²) in [6.07, 6.45) is 5.71. The second kappa shape index (κ2) is 4.85. The number of rotatable bonds is 4. The van der Waals surface area contributed by atoms with E-state index < -0.39 is 0 Å². The summed E-state index contributed by atoms with van der Waals surface area (Å²) in [6, 6.07) is 0.477. The van der Waals surface area contributed by atoms with E-state index in [-0.39, 0.29) is 0 Å². The Bertz CT molecular complexity index is 493. The van der Waals surface area contributed by atoms with Gasteiger partial charge < -0.3 is 4.52 Å². The number of likely N-dealkylation sites (tertiary alicyclic amines) is 1. The summed E-state index contributed by atoms with van der Waals surface area (Å²) in [4.78, 5) is 10.6. The zero-order valence-corrected chi connectivity index (χ0v) is 10.4. The minimum atomic E-state index is 0.477. The maximum atomic E-state index is 5.00. The van der Waals surface area contributed by atoms with E-state index in [2.05, 4.69) is 25.1 Å². The van der Waals surface area contributed by atoms with Crippen LogP contribution in [0.15, 0.2) is 17.2 Å². The molecule has 0 radical (unpaired) electrons. The zero-order chi connectivity index (χ0) is 12.4. The van der Waals surface area contributed by atoms with Gasteiger partial charge in [-0.2, -0.15) is 10.1 Å². The average molecular weight is 248 g/mol. The van der Waals surface area contributed by atoms with Crippen molar-refractivity contribution in [2.45, 2.75) is 38.9 Å². The van der Waals surface area contributed by atoms with Gasteiger partial charge in [0.15, 0.2) is 5.82 Å². The molecule has 3 rings (SSSR count). The van der Waals surface area contributed by atoms with Gasteiger partial charge in [-0.1, -0.05) is 5.16 Å². The van der Waals surface area contributed by atoms with Crippen molar-refractivity contribution in [1.82, 2.24) is 29.8 Å².